The van der Waals surface area contributed by atoms with Crippen molar-refractivity contribution in [3.63, 3.8) is 0 Å². The topological polar surface area (TPSA) is 110 Å². The van der Waals surface area contributed by atoms with Crippen LogP contribution in [0.25, 0.3) is 10.8 Å². The zero-order valence-corrected chi connectivity index (χ0v) is 17.8. The number of hydrogen-bond donors (Lipinski definition) is 2. The van der Waals surface area contributed by atoms with E-state index in [9.17, 15) is 14.4 Å². The molecule has 1 heterocycles. The van der Waals surface area contributed by atoms with Crippen molar-refractivity contribution in [2.45, 2.75) is 12.5 Å². The fraction of sp³-hybridized carbons (Fsp3) is 0.120. The molecule has 33 heavy (non-hydrogen) atoms. The quantitative estimate of drug-likeness (QED) is 0.424. The van der Waals surface area contributed by atoms with Crippen molar-refractivity contribution in [1.82, 2.24) is 10.2 Å². The van der Waals surface area contributed by atoms with Crippen LogP contribution in [0.3, 0.4) is 0 Å². The van der Waals surface area contributed by atoms with Crippen LogP contribution in [0.1, 0.15) is 17.4 Å². The van der Waals surface area contributed by atoms with Gasteiger partial charge in [-0.1, -0.05) is 54.6 Å². The molecule has 0 aliphatic heterocycles. The molecule has 1 amide bonds. The molecular weight excluding hydrogens is 422 g/mol. The molecule has 0 aliphatic carbocycles. The number of nitrogens with zero attached hydrogens (tertiary/aromatic N) is 1. The van der Waals surface area contributed by atoms with E-state index in [1.165, 1.54) is 7.11 Å². The summed E-state index contributed by atoms with van der Waals surface area (Å²) in [7, 11) is 1.53. The van der Waals surface area contributed by atoms with Gasteiger partial charge in [0.1, 0.15) is 5.75 Å². The monoisotopic (exact) mass is 443 g/mol. The number of carbonyl (C=O) groups excluding carboxylic acids is 2. The number of anilines is 1. The van der Waals surface area contributed by atoms with Gasteiger partial charge in [0.2, 0.25) is 6.10 Å². The number of amides is 1. The van der Waals surface area contributed by atoms with Crippen molar-refractivity contribution in [2.75, 3.05) is 12.4 Å². The van der Waals surface area contributed by atoms with E-state index < -0.39 is 18.0 Å². The van der Waals surface area contributed by atoms with Gasteiger partial charge in [0.15, 0.2) is 0 Å². The molecule has 1 unspecified atom stereocenters. The highest BCUT2D eigenvalue weighted by atomic mass is 16.5. The third kappa shape index (κ3) is 5.07. The summed E-state index contributed by atoms with van der Waals surface area (Å²) < 4.78 is 10.8. The third-order valence-corrected chi connectivity index (χ3v) is 5.01. The molecule has 0 saturated carbocycles. The van der Waals surface area contributed by atoms with Crippen LogP contribution >= 0.6 is 0 Å². The van der Waals surface area contributed by atoms with E-state index >= 15 is 0 Å². The van der Waals surface area contributed by atoms with Gasteiger partial charge < -0.3 is 14.8 Å². The maximum Gasteiger partial charge on any atom is 0.313 e. The predicted molar refractivity (Wildman–Crippen MR) is 123 cm³/mol. The smallest absolute Gasteiger partial charge is 0.313 e. The highest BCUT2D eigenvalue weighted by Gasteiger charge is 2.26. The number of carbonyl (C=O) groups is 2. The number of nitrogens with one attached hydrogen (secondary N) is 2. The van der Waals surface area contributed by atoms with Crippen molar-refractivity contribution >= 4 is 28.3 Å². The summed E-state index contributed by atoms with van der Waals surface area (Å²) in [6, 6.07) is 22.4. The summed E-state index contributed by atoms with van der Waals surface area (Å²) in [5, 5.41) is 10.1. The Bertz CT molecular complexity index is 1350. The molecule has 1 aromatic heterocycles. The van der Waals surface area contributed by atoms with Crippen LogP contribution in [0.15, 0.2) is 83.7 Å². The zero-order chi connectivity index (χ0) is 23.2. The van der Waals surface area contributed by atoms with Gasteiger partial charge in [-0.25, -0.2) is 5.10 Å². The van der Waals surface area contributed by atoms with E-state index in [0.29, 0.717) is 33.5 Å². The summed E-state index contributed by atoms with van der Waals surface area (Å²) in [4.78, 5) is 37.9. The molecule has 2 N–H and O–H groups in total. The number of rotatable bonds is 7. The molecule has 0 fully saturated rings. The first kappa shape index (κ1) is 21.8. The first-order chi connectivity index (χ1) is 16.0. The van der Waals surface area contributed by atoms with Crippen LogP contribution in [0.5, 0.6) is 5.75 Å². The second-order valence-corrected chi connectivity index (χ2v) is 7.22. The number of aromatic nitrogens is 2. The number of aromatic amines is 1. The number of ether oxygens (including phenoxy) is 2. The van der Waals surface area contributed by atoms with E-state index in [-0.39, 0.29) is 12.0 Å². The van der Waals surface area contributed by atoms with Gasteiger partial charge in [-0.2, -0.15) is 5.10 Å². The van der Waals surface area contributed by atoms with Gasteiger partial charge in [-0.15, -0.1) is 0 Å². The van der Waals surface area contributed by atoms with Gasteiger partial charge in [0.25, 0.3) is 11.5 Å². The van der Waals surface area contributed by atoms with E-state index in [1.54, 1.807) is 78.9 Å². The number of benzene rings is 3. The van der Waals surface area contributed by atoms with Gasteiger partial charge >= 0.3 is 5.97 Å². The van der Waals surface area contributed by atoms with Gasteiger partial charge in [0.05, 0.1) is 24.6 Å². The van der Waals surface area contributed by atoms with Crippen molar-refractivity contribution < 1.29 is 19.1 Å². The van der Waals surface area contributed by atoms with E-state index in [0.717, 1.165) is 0 Å². The Morgan fingerprint density at radius 3 is 2.45 bits per heavy atom. The Morgan fingerprint density at radius 1 is 0.970 bits per heavy atom. The lowest BCUT2D eigenvalue weighted by Crippen LogP contribution is -2.27. The minimum absolute atomic E-state index is 0.215. The van der Waals surface area contributed by atoms with Crippen molar-refractivity contribution in [1.29, 1.82) is 0 Å². The van der Waals surface area contributed by atoms with Crippen LogP contribution in [-0.2, 0) is 20.7 Å². The van der Waals surface area contributed by atoms with Crippen LogP contribution in [-0.4, -0.2) is 29.2 Å². The summed E-state index contributed by atoms with van der Waals surface area (Å²) in [5.41, 5.74) is 1.04. The van der Waals surface area contributed by atoms with Gasteiger partial charge in [-0.05, 0) is 18.2 Å². The maximum atomic E-state index is 13.1. The lowest BCUT2D eigenvalue weighted by molar-refractivity contribution is -0.154. The third-order valence-electron chi connectivity index (χ3n) is 5.01. The molecule has 0 radical (unpaired) electrons. The molecule has 3 aromatic carbocycles. The van der Waals surface area contributed by atoms with E-state index in [2.05, 4.69) is 15.5 Å². The van der Waals surface area contributed by atoms with Gasteiger partial charge in [-0.3, -0.25) is 14.4 Å². The molecule has 8 heteroatoms. The number of esters is 1. The standard InChI is InChI=1S/C25H21N3O5/c1-32-18-11-7-10-17(14-18)26-25(31)23(16-8-3-2-4-9-16)33-22(29)15-21-19-12-5-6-13-20(19)24(30)28-27-21/h2-14,23H,15H2,1H3,(H,26,31)(H,28,30). The molecule has 166 valence electrons. The highest BCUT2D eigenvalue weighted by Crippen LogP contribution is 2.23. The minimum Gasteiger partial charge on any atom is -0.497 e. The number of H-pyrrole nitrogens is 1. The van der Waals surface area contributed by atoms with E-state index in [4.69, 9.17) is 9.47 Å². The lowest BCUT2D eigenvalue weighted by Gasteiger charge is -2.18. The van der Waals surface area contributed by atoms with Crippen LogP contribution in [0.4, 0.5) is 5.69 Å². The average molecular weight is 443 g/mol. The molecule has 1 atom stereocenters. The fourth-order valence-corrected chi connectivity index (χ4v) is 3.43. The van der Waals surface area contributed by atoms with Crippen molar-refractivity contribution in [2.24, 2.45) is 0 Å². The Morgan fingerprint density at radius 2 is 1.70 bits per heavy atom. The summed E-state index contributed by atoms with van der Waals surface area (Å²) in [5.74, 6) is -0.589. The fourth-order valence-electron chi connectivity index (χ4n) is 3.43. The van der Waals surface area contributed by atoms with Gasteiger partial charge in [0, 0.05) is 22.7 Å². The maximum absolute atomic E-state index is 13.1. The second kappa shape index (κ2) is 9.78. The molecule has 8 nitrogen and oxygen atoms in total. The molecule has 0 spiro atoms. The average Bonchev–Trinajstić information content (AvgIpc) is 2.85. The first-order valence-corrected chi connectivity index (χ1v) is 10.2. The lowest BCUT2D eigenvalue weighted by atomic mass is 10.1. The Labute approximate surface area is 189 Å². The first-order valence-electron chi connectivity index (χ1n) is 10.2. The second-order valence-electron chi connectivity index (χ2n) is 7.22. The molecular formula is C25H21N3O5. The predicted octanol–water partition coefficient (Wildman–Crippen LogP) is 3.40. The summed E-state index contributed by atoms with van der Waals surface area (Å²) >= 11 is 0. The Hall–Kier alpha value is -4.46. The van der Waals surface area contributed by atoms with Crippen LogP contribution < -0.4 is 15.6 Å². The minimum atomic E-state index is -1.18. The molecule has 0 bridgehead atoms. The van der Waals surface area contributed by atoms with Crippen molar-refractivity contribution in [3.05, 3.63) is 100 Å². The summed E-state index contributed by atoms with van der Waals surface area (Å²) in [6.07, 6.45) is -1.40. The Balaban J connectivity index is 1.57. The number of hydrogen-bond acceptors (Lipinski definition) is 6. The molecule has 0 saturated heterocycles. The van der Waals surface area contributed by atoms with Crippen LogP contribution in [0.2, 0.25) is 0 Å². The Kier molecular flexibility index (Phi) is 6.45. The summed E-state index contributed by atoms with van der Waals surface area (Å²) in [6.45, 7) is 0. The number of fused-ring (bicyclic) bond motifs is 1. The normalized spacial score (nSPS) is 11.5. The number of methoxy groups -OCH3 is 1. The molecule has 4 rings (SSSR count). The van der Waals surface area contributed by atoms with E-state index in [1.807, 2.05) is 0 Å². The zero-order valence-electron chi connectivity index (χ0n) is 17.8. The molecule has 4 aromatic rings. The SMILES string of the molecule is COc1cccc(NC(=O)C(OC(=O)Cc2n[nH]c(=O)c3ccccc23)c2ccccc2)c1. The molecule has 0 aliphatic rings. The highest BCUT2D eigenvalue weighted by molar-refractivity contribution is 5.96. The van der Waals surface area contributed by atoms with Crippen LogP contribution in [0, 0.1) is 0 Å². The van der Waals surface area contributed by atoms with Crippen molar-refractivity contribution in [3.8, 4) is 5.75 Å². The largest absolute Gasteiger partial charge is 0.497 e.